The van der Waals surface area contributed by atoms with Crippen molar-refractivity contribution in [1.29, 1.82) is 0 Å². The zero-order valence-corrected chi connectivity index (χ0v) is 13.6. The van der Waals surface area contributed by atoms with Crippen molar-refractivity contribution in [2.75, 3.05) is 6.54 Å². The molecule has 0 radical (unpaired) electrons. The highest BCUT2D eigenvalue weighted by atomic mass is 32.2. The van der Waals surface area contributed by atoms with Gasteiger partial charge < -0.3 is 5.11 Å². The van der Waals surface area contributed by atoms with E-state index in [2.05, 4.69) is 10.9 Å². The summed E-state index contributed by atoms with van der Waals surface area (Å²) >= 11 is 1.84. The highest BCUT2D eigenvalue weighted by Crippen LogP contribution is 2.26. The van der Waals surface area contributed by atoms with Gasteiger partial charge in [0.05, 0.1) is 5.37 Å². The lowest BCUT2D eigenvalue weighted by Gasteiger charge is -2.19. The third-order valence-electron chi connectivity index (χ3n) is 3.90. The molecule has 1 unspecified atom stereocenters. The lowest BCUT2D eigenvalue weighted by molar-refractivity contribution is 0.471. The molecule has 118 valence electrons. The molecule has 1 fully saturated rings. The average Bonchev–Trinajstić information content (AvgIpc) is 2.52. The Balaban J connectivity index is 1.82. The van der Waals surface area contributed by atoms with Gasteiger partial charge >= 0.3 is 0 Å². The summed E-state index contributed by atoms with van der Waals surface area (Å²) in [4.78, 5) is 1.21. The van der Waals surface area contributed by atoms with Crippen LogP contribution in [0.5, 0.6) is 5.75 Å². The first-order valence-electron chi connectivity index (χ1n) is 8.29. The van der Waals surface area contributed by atoms with E-state index in [1.54, 1.807) is 12.1 Å². The van der Waals surface area contributed by atoms with E-state index in [1.165, 1.54) is 62.7 Å². The number of rotatable bonds is 2. The number of benzene rings is 1. The summed E-state index contributed by atoms with van der Waals surface area (Å²) in [7, 11) is 0. The minimum Gasteiger partial charge on any atom is -0.508 e. The molecule has 3 N–H and O–H groups in total. The normalized spacial score (nSPS) is 22.8. The van der Waals surface area contributed by atoms with Crippen LogP contribution in [-0.2, 0) is 0 Å². The molecule has 1 aromatic rings. The number of nitrogens with one attached hydrogen (secondary N) is 2. The van der Waals surface area contributed by atoms with Gasteiger partial charge in [0.2, 0.25) is 0 Å². The van der Waals surface area contributed by atoms with E-state index in [-0.39, 0.29) is 0 Å². The Hall–Kier alpha value is -0.710. The predicted molar refractivity (Wildman–Crippen MR) is 90.4 cm³/mol. The minimum atomic E-state index is 0.334. The summed E-state index contributed by atoms with van der Waals surface area (Å²) in [6.45, 7) is 1.05. The van der Waals surface area contributed by atoms with E-state index in [0.29, 0.717) is 11.1 Å². The molecule has 0 aromatic heterocycles. The van der Waals surface area contributed by atoms with Gasteiger partial charge in [-0.2, -0.15) is 0 Å². The lowest BCUT2D eigenvalue weighted by atomic mass is 10.1. The molecule has 1 aromatic carbocycles. The van der Waals surface area contributed by atoms with Gasteiger partial charge in [0, 0.05) is 11.4 Å². The van der Waals surface area contributed by atoms with Crippen molar-refractivity contribution in [2.45, 2.75) is 68.1 Å². The maximum absolute atomic E-state index is 9.36. The van der Waals surface area contributed by atoms with Crippen LogP contribution in [-0.4, -0.2) is 17.0 Å². The second kappa shape index (κ2) is 10.1. The first-order chi connectivity index (χ1) is 10.3. The molecule has 0 spiro atoms. The third kappa shape index (κ3) is 7.21. The molecule has 1 saturated heterocycles. The zero-order valence-electron chi connectivity index (χ0n) is 12.8. The van der Waals surface area contributed by atoms with Crippen LogP contribution in [0.4, 0.5) is 0 Å². The second-order valence-corrected chi connectivity index (χ2v) is 7.06. The fourth-order valence-electron chi connectivity index (χ4n) is 2.64. The molecule has 0 amide bonds. The molecule has 0 saturated carbocycles. The van der Waals surface area contributed by atoms with E-state index in [9.17, 15) is 5.11 Å². The SMILES string of the molecule is Oc1ccc(SC2CCCCCCCCCCNN2)cc1. The highest BCUT2D eigenvalue weighted by Gasteiger charge is 2.10. The average molecular weight is 308 g/mol. The second-order valence-electron chi connectivity index (χ2n) is 5.79. The smallest absolute Gasteiger partial charge is 0.115 e. The quantitative estimate of drug-likeness (QED) is 0.756. The van der Waals surface area contributed by atoms with E-state index >= 15 is 0 Å². The van der Waals surface area contributed by atoms with Gasteiger partial charge in [-0.05, 0) is 37.1 Å². The summed E-state index contributed by atoms with van der Waals surface area (Å²) in [6.07, 6.45) is 12.0. The molecule has 1 atom stereocenters. The Bertz CT molecular complexity index is 369. The fraction of sp³-hybridized carbons (Fsp3) is 0.647. The van der Waals surface area contributed by atoms with Crippen molar-refractivity contribution in [2.24, 2.45) is 0 Å². The highest BCUT2D eigenvalue weighted by molar-refractivity contribution is 7.99. The molecule has 2 rings (SSSR count). The fourth-order valence-corrected chi connectivity index (χ4v) is 3.69. The van der Waals surface area contributed by atoms with Crippen molar-refractivity contribution < 1.29 is 5.11 Å². The molecular formula is C17H28N2OS. The third-order valence-corrected chi connectivity index (χ3v) is 5.08. The molecule has 1 aliphatic rings. The van der Waals surface area contributed by atoms with Gasteiger partial charge in [0.25, 0.3) is 0 Å². The Kier molecular flexibility index (Phi) is 8.00. The Morgan fingerprint density at radius 3 is 2.19 bits per heavy atom. The van der Waals surface area contributed by atoms with E-state index < -0.39 is 0 Å². The van der Waals surface area contributed by atoms with E-state index in [1.807, 2.05) is 23.9 Å². The van der Waals surface area contributed by atoms with Gasteiger partial charge in [-0.3, -0.25) is 5.43 Å². The number of hydrogen-bond donors (Lipinski definition) is 3. The largest absolute Gasteiger partial charge is 0.508 e. The lowest BCUT2D eigenvalue weighted by Crippen LogP contribution is -2.39. The number of hydrazine groups is 1. The summed E-state index contributed by atoms with van der Waals surface area (Å²) in [6, 6.07) is 7.50. The Morgan fingerprint density at radius 2 is 1.48 bits per heavy atom. The van der Waals surface area contributed by atoms with Gasteiger partial charge in [0.15, 0.2) is 0 Å². The summed E-state index contributed by atoms with van der Waals surface area (Å²) in [5.74, 6) is 0.334. The number of phenolic OH excluding ortho intramolecular Hbond substituents is 1. The molecular weight excluding hydrogens is 280 g/mol. The summed E-state index contributed by atoms with van der Waals surface area (Å²) in [5.41, 5.74) is 6.86. The van der Waals surface area contributed by atoms with Crippen molar-refractivity contribution in [3.8, 4) is 5.75 Å². The van der Waals surface area contributed by atoms with Crippen LogP contribution < -0.4 is 10.9 Å². The van der Waals surface area contributed by atoms with Crippen LogP contribution >= 0.6 is 11.8 Å². The van der Waals surface area contributed by atoms with Crippen LogP contribution in [0, 0.1) is 0 Å². The molecule has 0 aliphatic carbocycles. The minimum absolute atomic E-state index is 0.334. The molecule has 1 heterocycles. The van der Waals surface area contributed by atoms with E-state index in [4.69, 9.17) is 0 Å². The predicted octanol–water partition coefficient (Wildman–Crippen LogP) is 4.43. The van der Waals surface area contributed by atoms with Crippen LogP contribution in [0.25, 0.3) is 0 Å². The van der Waals surface area contributed by atoms with Gasteiger partial charge in [0.1, 0.15) is 5.75 Å². The van der Waals surface area contributed by atoms with Crippen molar-refractivity contribution in [3.63, 3.8) is 0 Å². The Labute approximate surface area is 132 Å². The topological polar surface area (TPSA) is 44.3 Å². The zero-order chi connectivity index (χ0) is 14.8. The molecule has 21 heavy (non-hydrogen) atoms. The molecule has 1 aliphatic heterocycles. The van der Waals surface area contributed by atoms with Crippen molar-refractivity contribution >= 4 is 11.8 Å². The number of phenols is 1. The van der Waals surface area contributed by atoms with Gasteiger partial charge in [-0.15, -0.1) is 11.8 Å². The Morgan fingerprint density at radius 1 is 0.857 bits per heavy atom. The number of thioether (sulfide) groups is 1. The first kappa shape index (κ1) is 16.7. The first-order valence-corrected chi connectivity index (χ1v) is 9.16. The van der Waals surface area contributed by atoms with Crippen molar-refractivity contribution in [1.82, 2.24) is 10.9 Å². The van der Waals surface area contributed by atoms with Gasteiger partial charge in [-0.25, -0.2) is 5.43 Å². The number of hydrogen-bond acceptors (Lipinski definition) is 4. The maximum Gasteiger partial charge on any atom is 0.115 e. The van der Waals surface area contributed by atoms with Crippen LogP contribution in [0.2, 0.25) is 0 Å². The monoisotopic (exact) mass is 308 g/mol. The molecule has 3 nitrogen and oxygen atoms in total. The summed E-state index contributed by atoms with van der Waals surface area (Å²) < 4.78 is 0. The van der Waals surface area contributed by atoms with Crippen LogP contribution in [0.15, 0.2) is 29.2 Å². The van der Waals surface area contributed by atoms with Crippen molar-refractivity contribution in [3.05, 3.63) is 24.3 Å². The summed E-state index contributed by atoms with van der Waals surface area (Å²) in [5, 5.41) is 9.76. The van der Waals surface area contributed by atoms with E-state index in [0.717, 1.165) is 6.54 Å². The molecule has 0 bridgehead atoms. The van der Waals surface area contributed by atoms with Crippen LogP contribution in [0.1, 0.15) is 57.8 Å². The standard InChI is InChI=1S/C17H28N2OS/c20-15-10-12-16(13-11-15)21-17-9-7-5-3-1-2-4-6-8-14-18-19-17/h10-13,17-20H,1-9,14H2. The molecule has 4 heteroatoms. The maximum atomic E-state index is 9.36. The van der Waals surface area contributed by atoms with Crippen LogP contribution in [0.3, 0.4) is 0 Å². The van der Waals surface area contributed by atoms with Gasteiger partial charge in [-0.1, -0.05) is 44.9 Å². The number of aromatic hydroxyl groups is 1.